The Bertz CT molecular complexity index is 671. The molecule has 0 aliphatic carbocycles. The summed E-state index contributed by atoms with van der Waals surface area (Å²) >= 11 is 1.80. The summed E-state index contributed by atoms with van der Waals surface area (Å²) in [5.41, 5.74) is 3.05. The average molecular weight is 345 g/mol. The largest absolute Gasteiger partial charge is 0.497 e. The van der Waals surface area contributed by atoms with Crippen LogP contribution in [0.3, 0.4) is 0 Å². The summed E-state index contributed by atoms with van der Waals surface area (Å²) < 4.78 is 10.4. The number of carbonyl (C=O) groups excluding carboxylic acids is 1. The zero-order valence-electron chi connectivity index (χ0n) is 14.3. The van der Waals surface area contributed by atoms with Gasteiger partial charge >= 0.3 is 0 Å². The summed E-state index contributed by atoms with van der Waals surface area (Å²) in [6, 6.07) is 13.7. The highest BCUT2D eigenvalue weighted by Crippen LogP contribution is 2.23. The number of carbonyl (C=O) groups is 1. The minimum absolute atomic E-state index is 0.151. The number of hydrogen-bond donors (Lipinski definition) is 1. The third-order valence-electron chi connectivity index (χ3n) is 3.57. The van der Waals surface area contributed by atoms with Gasteiger partial charge in [0.05, 0.1) is 19.8 Å². The van der Waals surface area contributed by atoms with Crippen molar-refractivity contribution in [1.82, 2.24) is 5.32 Å². The van der Waals surface area contributed by atoms with E-state index in [1.54, 1.807) is 44.2 Å². The van der Waals surface area contributed by atoms with Crippen LogP contribution in [0.2, 0.25) is 0 Å². The molecule has 4 nitrogen and oxygen atoms in total. The lowest BCUT2D eigenvalue weighted by Gasteiger charge is -2.11. The number of thioether (sulfide) groups is 1. The Morgan fingerprint density at radius 2 is 1.83 bits per heavy atom. The van der Waals surface area contributed by atoms with Crippen LogP contribution in [0.4, 0.5) is 0 Å². The molecule has 5 heteroatoms. The Hall–Kier alpha value is -2.14. The van der Waals surface area contributed by atoms with Gasteiger partial charge in [0.25, 0.3) is 5.91 Å². The zero-order valence-corrected chi connectivity index (χ0v) is 15.1. The highest BCUT2D eigenvalue weighted by molar-refractivity contribution is 7.98. The molecule has 0 heterocycles. The van der Waals surface area contributed by atoms with Gasteiger partial charge in [0.15, 0.2) is 0 Å². The fraction of sp³-hybridized carbons (Fsp3) is 0.316. The Morgan fingerprint density at radius 1 is 1.08 bits per heavy atom. The second kappa shape index (κ2) is 9.23. The zero-order chi connectivity index (χ0) is 17.4. The van der Waals surface area contributed by atoms with Gasteiger partial charge in [-0.15, -0.1) is 0 Å². The van der Waals surface area contributed by atoms with Crippen LogP contribution in [-0.4, -0.2) is 32.4 Å². The Morgan fingerprint density at radius 3 is 2.50 bits per heavy atom. The standard InChI is InChI=1S/C19H23NO3S/c1-14-4-6-15(7-5-14)13-24-11-10-20-19(21)17-12-16(22-2)8-9-18(17)23-3/h4-9,12H,10-11,13H2,1-3H3,(H,20,21). The first-order valence-corrected chi connectivity index (χ1v) is 8.93. The topological polar surface area (TPSA) is 47.6 Å². The molecule has 0 unspecified atom stereocenters. The first-order chi connectivity index (χ1) is 11.6. The molecule has 0 spiro atoms. The molecular formula is C19H23NO3S. The number of ether oxygens (including phenoxy) is 2. The Balaban J connectivity index is 1.79. The van der Waals surface area contributed by atoms with Crippen molar-refractivity contribution in [3.05, 3.63) is 59.2 Å². The quantitative estimate of drug-likeness (QED) is 0.742. The van der Waals surface area contributed by atoms with Crippen molar-refractivity contribution in [2.45, 2.75) is 12.7 Å². The van der Waals surface area contributed by atoms with Crippen molar-refractivity contribution < 1.29 is 14.3 Å². The summed E-state index contributed by atoms with van der Waals surface area (Å²) in [6.45, 7) is 2.69. The Kier molecular flexibility index (Phi) is 7.00. The molecule has 0 saturated carbocycles. The molecule has 0 saturated heterocycles. The van der Waals surface area contributed by atoms with E-state index in [9.17, 15) is 4.79 Å². The van der Waals surface area contributed by atoms with Gasteiger partial charge in [-0.1, -0.05) is 29.8 Å². The van der Waals surface area contributed by atoms with Crippen molar-refractivity contribution in [2.75, 3.05) is 26.5 Å². The number of rotatable bonds is 8. The van der Waals surface area contributed by atoms with Crippen LogP contribution in [0.25, 0.3) is 0 Å². The maximum absolute atomic E-state index is 12.3. The summed E-state index contributed by atoms with van der Waals surface area (Å²) in [7, 11) is 3.13. The molecule has 128 valence electrons. The van der Waals surface area contributed by atoms with Crippen LogP contribution in [0, 0.1) is 6.92 Å². The first kappa shape index (κ1) is 18.2. The number of aryl methyl sites for hydroxylation is 1. The third-order valence-corrected chi connectivity index (χ3v) is 4.60. The van der Waals surface area contributed by atoms with Crippen LogP contribution < -0.4 is 14.8 Å². The van der Waals surface area contributed by atoms with E-state index in [2.05, 4.69) is 36.5 Å². The lowest BCUT2D eigenvalue weighted by molar-refractivity contribution is 0.0953. The minimum atomic E-state index is -0.151. The van der Waals surface area contributed by atoms with E-state index < -0.39 is 0 Å². The van der Waals surface area contributed by atoms with Crippen molar-refractivity contribution in [2.24, 2.45) is 0 Å². The van der Waals surface area contributed by atoms with E-state index in [-0.39, 0.29) is 5.91 Å². The molecule has 24 heavy (non-hydrogen) atoms. The van der Waals surface area contributed by atoms with E-state index >= 15 is 0 Å². The van der Waals surface area contributed by atoms with Crippen molar-refractivity contribution in [3.8, 4) is 11.5 Å². The molecule has 0 fully saturated rings. The van der Waals surface area contributed by atoms with Crippen LogP contribution in [0.1, 0.15) is 21.5 Å². The number of benzene rings is 2. The molecule has 1 N–H and O–H groups in total. The van der Waals surface area contributed by atoms with Gasteiger partial charge in [-0.05, 0) is 30.7 Å². The lowest BCUT2D eigenvalue weighted by Crippen LogP contribution is -2.26. The number of methoxy groups -OCH3 is 2. The van der Waals surface area contributed by atoms with E-state index in [0.717, 1.165) is 11.5 Å². The van der Waals surface area contributed by atoms with E-state index in [1.165, 1.54) is 11.1 Å². The fourth-order valence-electron chi connectivity index (χ4n) is 2.20. The van der Waals surface area contributed by atoms with Crippen molar-refractivity contribution >= 4 is 17.7 Å². The van der Waals surface area contributed by atoms with Crippen LogP contribution in [-0.2, 0) is 5.75 Å². The monoisotopic (exact) mass is 345 g/mol. The van der Waals surface area contributed by atoms with Gasteiger partial charge in [0.1, 0.15) is 11.5 Å². The second-order valence-corrected chi connectivity index (χ2v) is 6.47. The molecule has 0 aromatic heterocycles. The van der Waals surface area contributed by atoms with Crippen LogP contribution in [0.15, 0.2) is 42.5 Å². The maximum Gasteiger partial charge on any atom is 0.255 e. The van der Waals surface area contributed by atoms with E-state index in [1.807, 2.05) is 0 Å². The van der Waals surface area contributed by atoms with E-state index in [0.29, 0.717) is 23.6 Å². The molecule has 0 bridgehead atoms. The van der Waals surface area contributed by atoms with Crippen molar-refractivity contribution in [1.29, 1.82) is 0 Å². The first-order valence-electron chi connectivity index (χ1n) is 7.77. The predicted octanol–water partition coefficient (Wildman–Crippen LogP) is 3.68. The normalized spacial score (nSPS) is 10.3. The van der Waals surface area contributed by atoms with E-state index in [4.69, 9.17) is 9.47 Å². The summed E-state index contributed by atoms with van der Waals surface area (Å²) in [5.74, 6) is 2.82. The fourth-order valence-corrected chi connectivity index (χ4v) is 3.02. The summed E-state index contributed by atoms with van der Waals surface area (Å²) in [5, 5.41) is 2.93. The average Bonchev–Trinajstić information content (AvgIpc) is 2.62. The van der Waals surface area contributed by atoms with Gasteiger partial charge in [-0.25, -0.2) is 0 Å². The van der Waals surface area contributed by atoms with Gasteiger partial charge in [0, 0.05) is 18.1 Å². The molecule has 2 rings (SSSR count). The molecular weight excluding hydrogens is 322 g/mol. The van der Waals surface area contributed by atoms with Gasteiger partial charge in [-0.2, -0.15) is 11.8 Å². The molecule has 0 aliphatic heterocycles. The molecule has 0 aliphatic rings. The molecule has 2 aromatic carbocycles. The third kappa shape index (κ3) is 5.20. The number of amides is 1. The number of nitrogens with one attached hydrogen (secondary N) is 1. The maximum atomic E-state index is 12.3. The molecule has 2 aromatic rings. The summed E-state index contributed by atoms with van der Waals surface area (Å²) in [6.07, 6.45) is 0. The Labute approximate surface area is 147 Å². The van der Waals surface area contributed by atoms with Gasteiger partial charge in [0.2, 0.25) is 0 Å². The molecule has 1 amide bonds. The second-order valence-electron chi connectivity index (χ2n) is 5.36. The van der Waals surface area contributed by atoms with Crippen LogP contribution >= 0.6 is 11.8 Å². The SMILES string of the molecule is COc1ccc(OC)c(C(=O)NCCSCc2ccc(C)cc2)c1. The summed E-state index contributed by atoms with van der Waals surface area (Å²) in [4.78, 5) is 12.3. The highest BCUT2D eigenvalue weighted by atomic mass is 32.2. The van der Waals surface area contributed by atoms with Gasteiger partial charge in [-0.3, -0.25) is 4.79 Å². The highest BCUT2D eigenvalue weighted by Gasteiger charge is 2.13. The van der Waals surface area contributed by atoms with Crippen LogP contribution in [0.5, 0.6) is 11.5 Å². The number of hydrogen-bond acceptors (Lipinski definition) is 4. The van der Waals surface area contributed by atoms with Gasteiger partial charge < -0.3 is 14.8 Å². The smallest absolute Gasteiger partial charge is 0.255 e. The molecule has 0 radical (unpaired) electrons. The molecule has 0 atom stereocenters. The van der Waals surface area contributed by atoms with Crippen molar-refractivity contribution in [3.63, 3.8) is 0 Å². The minimum Gasteiger partial charge on any atom is -0.497 e. The predicted molar refractivity (Wildman–Crippen MR) is 99.2 cm³/mol. The lowest BCUT2D eigenvalue weighted by atomic mass is 10.1.